The van der Waals surface area contributed by atoms with E-state index in [0.717, 1.165) is 5.56 Å². The predicted octanol–water partition coefficient (Wildman–Crippen LogP) is 3.70. The number of methoxy groups -OCH3 is 1. The minimum absolute atomic E-state index is 0.0499. The van der Waals surface area contributed by atoms with Crippen LogP contribution >= 0.6 is 8.03 Å². The second kappa shape index (κ2) is 7.92. The summed E-state index contributed by atoms with van der Waals surface area (Å²) in [6.45, 7) is 4.11. The van der Waals surface area contributed by atoms with E-state index in [4.69, 9.17) is 9.26 Å². The summed E-state index contributed by atoms with van der Waals surface area (Å²) in [5.41, 5.74) is 0.815. The third-order valence-electron chi connectivity index (χ3n) is 2.91. The SMILES string of the molecule is CCO[P+](=O)C(C)CCc1ccc([N+](=O)[O-])c(OC)c1. The van der Waals surface area contributed by atoms with Gasteiger partial charge in [0, 0.05) is 12.5 Å². The van der Waals surface area contributed by atoms with Gasteiger partial charge in [-0.1, -0.05) is 6.07 Å². The number of nitro benzene ring substituents is 1. The maximum absolute atomic E-state index is 11.6. The van der Waals surface area contributed by atoms with Gasteiger partial charge in [-0.25, -0.2) is 0 Å². The third-order valence-corrected chi connectivity index (χ3v) is 4.40. The van der Waals surface area contributed by atoms with Crippen LogP contribution in [0.25, 0.3) is 0 Å². The van der Waals surface area contributed by atoms with Gasteiger partial charge in [-0.05, 0) is 36.5 Å². The smallest absolute Gasteiger partial charge is 0.490 e. The topological polar surface area (TPSA) is 78.7 Å². The molecule has 0 aliphatic heterocycles. The van der Waals surface area contributed by atoms with Crippen LogP contribution in [0.2, 0.25) is 0 Å². The first-order chi connectivity index (χ1) is 9.49. The molecular formula is C13H19NO5P+. The van der Waals surface area contributed by atoms with E-state index < -0.39 is 13.0 Å². The van der Waals surface area contributed by atoms with Crippen molar-refractivity contribution < 1.29 is 18.7 Å². The number of benzene rings is 1. The van der Waals surface area contributed by atoms with Gasteiger partial charge in [0.05, 0.1) is 18.6 Å². The Morgan fingerprint density at radius 3 is 2.70 bits per heavy atom. The molecule has 2 atom stereocenters. The van der Waals surface area contributed by atoms with Gasteiger partial charge in [-0.2, -0.15) is 0 Å². The first-order valence-electron chi connectivity index (χ1n) is 6.40. The Labute approximate surface area is 119 Å². The molecule has 0 aliphatic rings. The van der Waals surface area contributed by atoms with Crippen molar-refractivity contribution in [2.24, 2.45) is 0 Å². The zero-order chi connectivity index (χ0) is 15.1. The average Bonchev–Trinajstić information content (AvgIpc) is 2.44. The molecule has 0 amide bonds. The Hall–Kier alpha value is -1.52. The van der Waals surface area contributed by atoms with Crippen LogP contribution in [0.4, 0.5) is 5.69 Å². The second-order valence-corrected chi connectivity index (χ2v) is 6.06. The highest BCUT2D eigenvalue weighted by molar-refractivity contribution is 7.40. The van der Waals surface area contributed by atoms with E-state index >= 15 is 0 Å². The standard InChI is InChI=1S/C13H19NO5P/c1-4-19-20(17)10(2)5-6-11-7-8-12(14(15)16)13(9-11)18-3/h7-10H,4-6H2,1-3H3/q+1. The van der Waals surface area contributed by atoms with Gasteiger partial charge < -0.3 is 4.74 Å². The Bertz CT molecular complexity index is 492. The highest BCUT2D eigenvalue weighted by atomic mass is 31.1. The minimum Gasteiger partial charge on any atom is -0.490 e. The number of ether oxygens (including phenoxy) is 1. The number of nitro groups is 1. The molecule has 0 heterocycles. The Morgan fingerprint density at radius 1 is 1.45 bits per heavy atom. The summed E-state index contributed by atoms with van der Waals surface area (Å²) in [5.74, 6) is 0.245. The van der Waals surface area contributed by atoms with Gasteiger partial charge in [0.15, 0.2) is 11.4 Å². The van der Waals surface area contributed by atoms with E-state index in [2.05, 4.69) is 0 Å². The molecule has 0 N–H and O–H groups in total. The fourth-order valence-electron chi connectivity index (χ4n) is 1.76. The monoisotopic (exact) mass is 300 g/mol. The lowest BCUT2D eigenvalue weighted by molar-refractivity contribution is -0.385. The van der Waals surface area contributed by atoms with Gasteiger partial charge in [-0.3, -0.25) is 10.1 Å². The fourth-order valence-corrected chi connectivity index (χ4v) is 2.61. The van der Waals surface area contributed by atoms with E-state index in [9.17, 15) is 14.7 Å². The molecule has 20 heavy (non-hydrogen) atoms. The number of hydrogen-bond acceptors (Lipinski definition) is 5. The van der Waals surface area contributed by atoms with E-state index in [1.807, 2.05) is 6.92 Å². The van der Waals surface area contributed by atoms with Crippen LogP contribution in [-0.4, -0.2) is 24.3 Å². The van der Waals surface area contributed by atoms with Crippen molar-refractivity contribution in [2.75, 3.05) is 13.7 Å². The van der Waals surface area contributed by atoms with Gasteiger partial charge in [0.1, 0.15) is 0 Å². The van der Waals surface area contributed by atoms with Crippen molar-refractivity contribution in [1.82, 2.24) is 0 Å². The lowest BCUT2D eigenvalue weighted by atomic mass is 10.1. The number of nitrogens with zero attached hydrogens (tertiary/aromatic N) is 1. The van der Waals surface area contributed by atoms with E-state index in [1.54, 1.807) is 19.1 Å². The van der Waals surface area contributed by atoms with Crippen molar-refractivity contribution in [3.05, 3.63) is 33.9 Å². The van der Waals surface area contributed by atoms with Crippen LogP contribution in [0, 0.1) is 10.1 Å². The third kappa shape index (κ3) is 4.54. The van der Waals surface area contributed by atoms with Crippen molar-refractivity contribution in [3.8, 4) is 5.75 Å². The number of aryl methyl sites for hydroxylation is 1. The summed E-state index contributed by atoms with van der Waals surface area (Å²) in [7, 11) is -0.252. The Kier molecular flexibility index (Phi) is 6.55. The molecule has 1 rings (SSSR count). The molecule has 6 nitrogen and oxygen atoms in total. The van der Waals surface area contributed by atoms with E-state index in [-0.39, 0.29) is 17.1 Å². The normalized spacial score (nSPS) is 12.8. The summed E-state index contributed by atoms with van der Waals surface area (Å²) in [6, 6.07) is 4.78. The molecule has 0 aliphatic carbocycles. The van der Waals surface area contributed by atoms with Gasteiger partial charge in [-0.15, -0.1) is 4.52 Å². The minimum atomic E-state index is -1.66. The lowest BCUT2D eigenvalue weighted by Gasteiger charge is -2.05. The Balaban J connectivity index is 2.69. The van der Waals surface area contributed by atoms with Crippen LogP contribution in [0.3, 0.4) is 0 Å². The molecule has 0 spiro atoms. The lowest BCUT2D eigenvalue weighted by Crippen LogP contribution is -2.01. The first kappa shape index (κ1) is 16.5. The fraction of sp³-hybridized carbons (Fsp3) is 0.538. The summed E-state index contributed by atoms with van der Waals surface area (Å²) < 4.78 is 21.7. The van der Waals surface area contributed by atoms with Crippen LogP contribution < -0.4 is 4.74 Å². The van der Waals surface area contributed by atoms with Crippen molar-refractivity contribution >= 4 is 13.7 Å². The predicted molar refractivity (Wildman–Crippen MR) is 76.7 cm³/mol. The molecule has 0 saturated heterocycles. The molecule has 0 bridgehead atoms. The molecule has 7 heteroatoms. The molecule has 0 saturated carbocycles. The van der Waals surface area contributed by atoms with Gasteiger partial charge in [0.25, 0.3) is 0 Å². The Morgan fingerprint density at radius 2 is 2.15 bits per heavy atom. The van der Waals surface area contributed by atoms with Crippen LogP contribution in [0.1, 0.15) is 25.8 Å². The van der Waals surface area contributed by atoms with Gasteiger partial charge in [0.2, 0.25) is 0 Å². The molecule has 1 aromatic rings. The quantitative estimate of drug-likeness (QED) is 0.415. The molecule has 0 radical (unpaired) electrons. The summed E-state index contributed by atoms with van der Waals surface area (Å²) >= 11 is 0. The largest absolute Gasteiger partial charge is 0.510 e. The molecular weight excluding hydrogens is 281 g/mol. The summed E-state index contributed by atoms with van der Waals surface area (Å²) in [5, 5.41) is 10.8. The zero-order valence-corrected chi connectivity index (χ0v) is 12.8. The van der Waals surface area contributed by atoms with Gasteiger partial charge >= 0.3 is 13.7 Å². The highest BCUT2D eigenvalue weighted by Gasteiger charge is 2.27. The molecule has 110 valence electrons. The average molecular weight is 300 g/mol. The molecule has 0 aromatic heterocycles. The van der Waals surface area contributed by atoms with Crippen molar-refractivity contribution in [2.45, 2.75) is 32.3 Å². The first-order valence-corrected chi connectivity index (χ1v) is 7.64. The maximum Gasteiger partial charge on any atom is 0.510 e. The molecule has 2 unspecified atom stereocenters. The van der Waals surface area contributed by atoms with Crippen molar-refractivity contribution in [3.63, 3.8) is 0 Å². The maximum atomic E-state index is 11.6. The highest BCUT2D eigenvalue weighted by Crippen LogP contribution is 2.33. The molecule has 0 fully saturated rings. The summed E-state index contributed by atoms with van der Waals surface area (Å²) in [4.78, 5) is 10.3. The van der Waals surface area contributed by atoms with Crippen LogP contribution in [-0.2, 0) is 15.5 Å². The zero-order valence-electron chi connectivity index (χ0n) is 11.9. The van der Waals surface area contributed by atoms with Crippen LogP contribution in [0.15, 0.2) is 18.2 Å². The summed E-state index contributed by atoms with van der Waals surface area (Å²) in [6.07, 6.45) is 1.36. The molecule has 1 aromatic carbocycles. The van der Waals surface area contributed by atoms with E-state index in [0.29, 0.717) is 19.4 Å². The van der Waals surface area contributed by atoms with Crippen molar-refractivity contribution in [1.29, 1.82) is 0 Å². The second-order valence-electron chi connectivity index (χ2n) is 4.35. The van der Waals surface area contributed by atoms with Crippen LogP contribution in [0.5, 0.6) is 5.75 Å². The number of hydrogen-bond donors (Lipinski definition) is 0. The van der Waals surface area contributed by atoms with E-state index in [1.165, 1.54) is 13.2 Å². The number of rotatable bonds is 8.